The summed E-state index contributed by atoms with van der Waals surface area (Å²) < 4.78 is 38.5. The summed E-state index contributed by atoms with van der Waals surface area (Å²) in [5.74, 6) is -1.99. The lowest BCUT2D eigenvalue weighted by Crippen LogP contribution is -2.47. The Morgan fingerprint density at radius 3 is 2.43 bits per heavy atom. The van der Waals surface area contributed by atoms with Gasteiger partial charge in [0.15, 0.2) is 0 Å². The van der Waals surface area contributed by atoms with E-state index in [1.807, 2.05) is 0 Å². The van der Waals surface area contributed by atoms with Crippen molar-refractivity contribution in [3.63, 3.8) is 0 Å². The Bertz CT molecular complexity index is 414. The average Bonchev–Trinajstić information content (AvgIpc) is 2.46. The summed E-state index contributed by atoms with van der Waals surface area (Å²) in [4.78, 5) is 14.5. The maximum absolute atomic E-state index is 12.8. The second-order valence-electron chi connectivity index (χ2n) is 6.13. The highest BCUT2D eigenvalue weighted by molar-refractivity contribution is 7.80. The molecule has 2 fully saturated rings. The van der Waals surface area contributed by atoms with Crippen molar-refractivity contribution in [3.8, 4) is 0 Å². The van der Waals surface area contributed by atoms with Gasteiger partial charge in [-0.1, -0.05) is 18.6 Å². The van der Waals surface area contributed by atoms with E-state index in [1.54, 1.807) is 4.90 Å². The number of carbonyl (C=O) groups is 1. The summed E-state index contributed by atoms with van der Waals surface area (Å²) in [5, 5.41) is 0. The summed E-state index contributed by atoms with van der Waals surface area (Å²) in [6, 6.07) is 0. The summed E-state index contributed by atoms with van der Waals surface area (Å²) in [5.41, 5.74) is 5.63. The zero-order valence-corrected chi connectivity index (χ0v) is 12.7. The first-order valence-electron chi connectivity index (χ1n) is 7.44. The molecule has 7 heteroatoms. The van der Waals surface area contributed by atoms with Crippen LogP contribution in [-0.4, -0.2) is 35.1 Å². The molecular weight excluding hydrogens is 301 g/mol. The van der Waals surface area contributed by atoms with Gasteiger partial charge in [-0.3, -0.25) is 4.79 Å². The van der Waals surface area contributed by atoms with Crippen LogP contribution < -0.4 is 5.73 Å². The van der Waals surface area contributed by atoms with Crippen molar-refractivity contribution in [2.24, 2.45) is 23.5 Å². The van der Waals surface area contributed by atoms with Gasteiger partial charge in [0.25, 0.3) is 0 Å². The summed E-state index contributed by atoms with van der Waals surface area (Å²) in [7, 11) is 0. The van der Waals surface area contributed by atoms with Crippen molar-refractivity contribution < 1.29 is 18.0 Å². The number of amides is 1. The third-order valence-corrected chi connectivity index (χ3v) is 4.96. The number of piperidine rings is 1. The minimum Gasteiger partial charge on any atom is -0.393 e. The molecule has 1 aliphatic heterocycles. The van der Waals surface area contributed by atoms with Crippen molar-refractivity contribution >= 4 is 23.1 Å². The molecule has 0 radical (unpaired) electrons. The van der Waals surface area contributed by atoms with Crippen LogP contribution in [-0.2, 0) is 4.79 Å². The monoisotopic (exact) mass is 322 g/mol. The number of hydrogen-bond acceptors (Lipinski definition) is 2. The molecule has 2 rings (SSSR count). The van der Waals surface area contributed by atoms with Crippen LogP contribution >= 0.6 is 12.2 Å². The summed E-state index contributed by atoms with van der Waals surface area (Å²) >= 11 is 4.97. The van der Waals surface area contributed by atoms with Gasteiger partial charge in [-0.05, 0) is 32.1 Å². The molecule has 1 saturated carbocycles. The lowest BCUT2D eigenvalue weighted by Gasteiger charge is -2.37. The molecule has 120 valence electrons. The molecule has 3 nitrogen and oxygen atoms in total. The Labute approximate surface area is 128 Å². The van der Waals surface area contributed by atoms with Gasteiger partial charge in [-0.25, -0.2) is 0 Å². The van der Waals surface area contributed by atoms with Crippen LogP contribution in [0.5, 0.6) is 0 Å². The molecule has 0 spiro atoms. The Hall–Kier alpha value is -0.850. The molecule has 1 heterocycles. The van der Waals surface area contributed by atoms with Gasteiger partial charge in [0.1, 0.15) is 0 Å². The van der Waals surface area contributed by atoms with Crippen LogP contribution in [0, 0.1) is 17.8 Å². The van der Waals surface area contributed by atoms with E-state index in [0.717, 1.165) is 12.8 Å². The fourth-order valence-electron chi connectivity index (χ4n) is 3.38. The van der Waals surface area contributed by atoms with Crippen LogP contribution in [0.4, 0.5) is 13.2 Å². The van der Waals surface area contributed by atoms with E-state index in [0.29, 0.717) is 30.9 Å². The quantitative estimate of drug-likeness (QED) is 0.795. The molecule has 1 aliphatic carbocycles. The number of carbonyl (C=O) groups excluding carboxylic acids is 1. The third kappa shape index (κ3) is 4.08. The van der Waals surface area contributed by atoms with Gasteiger partial charge in [0.2, 0.25) is 5.91 Å². The van der Waals surface area contributed by atoms with E-state index in [4.69, 9.17) is 18.0 Å². The predicted molar refractivity (Wildman–Crippen MR) is 77.6 cm³/mol. The number of likely N-dealkylation sites (tertiary alicyclic amines) is 1. The van der Waals surface area contributed by atoms with E-state index >= 15 is 0 Å². The molecule has 3 unspecified atom stereocenters. The first kappa shape index (κ1) is 16.5. The van der Waals surface area contributed by atoms with Gasteiger partial charge in [0, 0.05) is 24.9 Å². The first-order chi connectivity index (χ1) is 9.79. The van der Waals surface area contributed by atoms with Crippen molar-refractivity contribution in [3.05, 3.63) is 0 Å². The van der Waals surface area contributed by atoms with Crippen molar-refractivity contribution in [1.82, 2.24) is 4.90 Å². The number of nitrogens with zero attached hydrogens (tertiary/aromatic N) is 1. The fraction of sp³-hybridized carbons (Fsp3) is 0.857. The van der Waals surface area contributed by atoms with E-state index in [1.165, 1.54) is 0 Å². The highest BCUT2D eigenvalue weighted by Gasteiger charge is 2.44. The highest BCUT2D eigenvalue weighted by Crippen LogP contribution is 2.40. The number of rotatable bonds is 2. The SMILES string of the molecule is NC(=S)C1CCCN(C(=O)C2CCCC(C(F)(F)F)C2)C1. The van der Waals surface area contributed by atoms with E-state index in [2.05, 4.69) is 0 Å². The van der Waals surface area contributed by atoms with Crippen LogP contribution in [0.25, 0.3) is 0 Å². The Balaban J connectivity index is 1.97. The summed E-state index contributed by atoms with van der Waals surface area (Å²) in [6.45, 7) is 1.06. The molecule has 0 bridgehead atoms. The molecule has 1 amide bonds. The Morgan fingerprint density at radius 2 is 1.81 bits per heavy atom. The highest BCUT2D eigenvalue weighted by atomic mass is 32.1. The molecule has 0 aromatic rings. The molecule has 2 N–H and O–H groups in total. The molecule has 3 atom stereocenters. The normalized spacial score (nSPS) is 31.0. The number of hydrogen-bond donors (Lipinski definition) is 1. The number of nitrogens with two attached hydrogens (primary N) is 1. The van der Waals surface area contributed by atoms with E-state index in [-0.39, 0.29) is 24.7 Å². The Kier molecular flexibility index (Phi) is 5.11. The van der Waals surface area contributed by atoms with Gasteiger partial charge in [-0.15, -0.1) is 0 Å². The van der Waals surface area contributed by atoms with Crippen LogP contribution in [0.15, 0.2) is 0 Å². The van der Waals surface area contributed by atoms with Gasteiger partial charge < -0.3 is 10.6 Å². The standard InChI is InChI=1S/C14H21F3N2OS/c15-14(16,17)11-5-1-3-9(7-11)13(20)19-6-2-4-10(8-19)12(18)21/h9-11H,1-8H2,(H2,18,21). The molecule has 0 aromatic carbocycles. The van der Waals surface area contributed by atoms with Crippen molar-refractivity contribution in [2.75, 3.05) is 13.1 Å². The number of thiocarbonyl (C=S) groups is 1. The minimum absolute atomic E-state index is 0.000274. The van der Waals surface area contributed by atoms with Crippen LogP contribution in [0.2, 0.25) is 0 Å². The number of alkyl halides is 3. The lowest BCUT2D eigenvalue weighted by atomic mass is 9.80. The zero-order chi connectivity index (χ0) is 15.6. The van der Waals surface area contributed by atoms with Crippen molar-refractivity contribution in [2.45, 2.75) is 44.7 Å². The maximum atomic E-state index is 12.8. The van der Waals surface area contributed by atoms with Gasteiger partial charge in [-0.2, -0.15) is 13.2 Å². The van der Waals surface area contributed by atoms with Gasteiger partial charge in [0.05, 0.1) is 10.9 Å². The third-order valence-electron chi connectivity index (χ3n) is 4.62. The zero-order valence-electron chi connectivity index (χ0n) is 11.9. The van der Waals surface area contributed by atoms with Gasteiger partial charge >= 0.3 is 6.18 Å². The van der Waals surface area contributed by atoms with E-state index < -0.39 is 18.0 Å². The van der Waals surface area contributed by atoms with Crippen molar-refractivity contribution in [1.29, 1.82) is 0 Å². The molecule has 1 saturated heterocycles. The summed E-state index contributed by atoms with van der Waals surface area (Å²) in [6.07, 6.45) is -1.44. The number of halogens is 3. The Morgan fingerprint density at radius 1 is 1.14 bits per heavy atom. The lowest BCUT2D eigenvalue weighted by molar-refractivity contribution is -0.187. The van der Waals surface area contributed by atoms with Crippen LogP contribution in [0.3, 0.4) is 0 Å². The fourth-order valence-corrected chi connectivity index (χ4v) is 3.57. The second-order valence-corrected chi connectivity index (χ2v) is 6.60. The minimum atomic E-state index is -4.19. The smallest absolute Gasteiger partial charge is 0.391 e. The topological polar surface area (TPSA) is 46.3 Å². The molecule has 0 aromatic heterocycles. The molecule has 21 heavy (non-hydrogen) atoms. The maximum Gasteiger partial charge on any atom is 0.391 e. The van der Waals surface area contributed by atoms with Crippen LogP contribution in [0.1, 0.15) is 38.5 Å². The average molecular weight is 322 g/mol. The first-order valence-corrected chi connectivity index (χ1v) is 7.84. The largest absolute Gasteiger partial charge is 0.393 e. The molecule has 2 aliphatic rings. The van der Waals surface area contributed by atoms with E-state index in [9.17, 15) is 18.0 Å². The second kappa shape index (κ2) is 6.50. The molecular formula is C14H21F3N2OS. The predicted octanol–water partition coefficient (Wildman–Crippen LogP) is 2.88.